The highest BCUT2D eigenvalue weighted by atomic mass is 79.9. The molecule has 0 heterocycles. The smallest absolute Gasteiger partial charge is 0.224 e. The average Bonchev–Trinajstić information content (AvgIpc) is 3.26. The van der Waals surface area contributed by atoms with Gasteiger partial charge in [0.25, 0.3) is 0 Å². The lowest BCUT2D eigenvalue weighted by atomic mass is 9.95. The van der Waals surface area contributed by atoms with Gasteiger partial charge in [-0.1, -0.05) is 60.1 Å². The molecular formula is C16H22BrNO. The number of alkyl halides is 1. The molecule has 1 aliphatic rings. The Bertz CT molecular complexity index is 419. The van der Waals surface area contributed by atoms with Crippen molar-refractivity contribution >= 4 is 21.8 Å². The summed E-state index contributed by atoms with van der Waals surface area (Å²) >= 11 is 3.54. The predicted molar refractivity (Wildman–Crippen MR) is 82.5 cm³/mol. The van der Waals surface area contributed by atoms with Crippen molar-refractivity contribution in [2.24, 2.45) is 5.92 Å². The molecule has 0 radical (unpaired) electrons. The van der Waals surface area contributed by atoms with Crippen LogP contribution in [0.3, 0.4) is 0 Å². The number of hydrogen-bond donors (Lipinski definition) is 1. The Hall–Kier alpha value is -0.830. The number of amides is 1. The third-order valence-electron chi connectivity index (χ3n) is 4.35. The molecule has 2 atom stereocenters. The second-order valence-corrected chi connectivity index (χ2v) is 6.03. The van der Waals surface area contributed by atoms with Crippen molar-refractivity contribution < 1.29 is 4.79 Å². The summed E-state index contributed by atoms with van der Waals surface area (Å²) in [4.78, 5) is 12.3. The van der Waals surface area contributed by atoms with Gasteiger partial charge in [-0.15, -0.1) is 0 Å². The topological polar surface area (TPSA) is 29.1 Å². The lowest BCUT2D eigenvalue weighted by Crippen LogP contribution is -2.49. The van der Waals surface area contributed by atoms with Gasteiger partial charge in [0.15, 0.2) is 0 Å². The quantitative estimate of drug-likeness (QED) is 0.791. The Labute approximate surface area is 124 Å². The third kappa shape index (κ3) is 3.19. The largest absolute Gasteiger partial charge is 0.350 e. The molecule has 1 saturated carbocycles. The fourth-order valence-electron chi connectivity index (χ4n) is 2.56. The van der Waals surface area contributed by atoms with Crippen molar-refractivity contribution in [2.45, 2.75) is 44.6 Å². The lowest BCUT2D eigenvalue weighted by Gasteiger charge is -2.31. The van der Waals surface area contributed by atoms with Crippen molar-refractivity contribution in [1.82, 2.24) is 5.32 Å². The fourth-order valence-corrected chi connectivity index (χ4v) is 3.49. The zero-order chi connectivity index (χ0) is 13.9. The molecule has 1 N–H and O–H groups in total. The predicted octanol–water partition coefficient (Wildman–Crippen LogP) is 3.86. The van der Waals surface area contributed by atoms with Gasteiger partial charge >= 0.3 is 0 Å². The fraction of sp³-hybridized carbons (Fsp3) is 0.562. The minimum Gasteiger partial charge on any atom is -0.350 e. The van der Waals surface area contributed by atoms with E-state index in [0.29, 0.717) is 5.92 Å². The molecule has 2 rings (SSSR count). The van der Waals surface area contributed by atoms with E-state index >= 15 is 0 Å². The van der Waals surface area contributed by atoms with Gasteiger partial charge in [0.1, 0.15) is 0 Å². The second-order valence-electron chi connectivity index (χ2n) is 5.47. The standard InChI is InChI=1S/C16H22BrNO/c1-3-16(4-2,11-17)18-15(19)14-10-13(14)12-8-6-5-7-9-12/h5-9,13-14H,3-4,10-11H2,1-2H3,(H,18,19). The second kappa shape index (κ2) is 6.08. The molecule has 0 spiro atoms. The maximum absolute atomic E-state index is 12.3. The van der Waals surface area contributed by atoms with Crippen LogP contribution in [0, 0.1) is 5.92 Å². The SMILES string of the molecule is CCC(CC)(CBr)NC(=O)C1CC1c1ccccc1. The summed E-state index contributed by atoms with van der Waals surface area (Å²) in [6.07, 6.45) is 2.91. The number of benzene rings is 1. The summed E-state index contributed by atoms with van der Waals surface area (Å²) in [6, 6.07) is 10.3. The van der Waals surface area contributed by atoms with Crippen molar-refractivity contribution in [3.63, 3.8) is 0 Å². The first-order valence-corrected chi connectivity index (χ1v) is 8.21. The zero-order valence-electron chi connectivity index (χ0n) is 11.7. The molecule has 0 aliphatic heterocycles. The van der Waals surface area contributed by atoms with Crippen molar-refractivity contribution in [3.8, 4) is 0 Å². The van der Waals surface area contributed by atoms with Crippen LogP contribution in [0.15, 0.2) is 30.3 Å². The van der Waals surface area contributed by atoms with Gasteiger partial charge < -0.3 is 5.32 Å². The highest BCUT2D eigenvalue weighted by Gasteiger charge is 2.45. The van der Waals surface area contributed by atoms with Crippen LogP contribution in [0.25, 0.3) is 0 Å². The molecule has 1 amide bonds. The Morgan fingerprint density at radius 2 is 1.95 bits per heavy atom. The lowest BCUT2D eigenvalue weighted by molar-refractivity contribution is -0.124. The molecule has 3 heteroatoms. The Morgan fingerprint density at radius 3 is 2.47 bits per heavy atom. The molecule has 1 aromatic carbocycles. The molecule has 2 unspecified atom stereocenters. The van der Waals surface area contributed by atoms with E-state index in [4.69, 9.17) is 0 Å². The number of carbonyl (C=O) groups excluding carboxylic acids is 1. The summed E-state index contributed by atoms with van der Waals surface area (Å²) in [7, 11) is 0. The summed E-state index contributed by atoms with van der Waals surface area (Å²) in [6.45, 7) is 4.26. The van der Waals surface area contributed by atoms with Gasteiger partial charge in [0, 0.05) is 16.8 Å². The first kappa shape index (κ1) is 14.6. The number of halogens is 1. The van der Waals surface area contributed by atoms with E-state index < -0.39 is 0 Å². The molecule has 1 aliphatic carbocycles. The molecule has 19 heavy (non-hydrogen) atoms. The molecule has 0 bridgehead atoms. The number of carbonyl (C=O) groups is 1. The van der Waals surface area contributed by atoms with Crippen LogP contribution in [0.1, 0.15) is 44.6 Å². The van der Waals surface area contributed by atoms with Crippen LogP contribution in [0.4, 0.5) is 0 Å². The summed E-state index contributed by atoms with van der Waals surface area (Å²) in [5.74, 6) is 0.805. The van der Waals surface area contributed by atoms with Gasteiger partial charge in [0.2, 0.25) is 5.91 Å². The molecule has 0 aromatic heterocycles. The maximum atomic E-state index is 12.3. The van der Waals surface area contributed by atoms with Gasteiger partial charge in [0.05, 0.1) is 0 Å². The summed E-state index contributed by atoms with van der Waals surface area (Å²) < 4.78 is 0. The number of nitrogens with one attached hydrogen (secondary N) is 1. The van der Waals surface area contributed by atoms with Gasteiger partial charge in [-0.05, 0) is 30.7 Å². The number of hydrogen-bond acceptors (Lipinski definition) is 1. The van der Waals surface area contributed by atoms with Gasteiger partial charge in [-0.3, -0.25) is 4.79 Å². The van der Waals surface area contributed by atoms with E-state index in [0.717, 1.165) is 24.6 Å². The highest BCUT2D eigenvalue weighted by molar-refractivity contribution is 9.09. The zero-order valence-corrected chi connectivity index (χ0v) is 13.2. The van der Waals surface area contributed by atoms with E-state index in [1.165, 1.54) is 5.56 Å². The normalized spacial score (nSPS) is 22.1. The van der Waals surface area contributed by atoms with Crippen LogP contribution in [0.5, 0.6) is 0 Å². The van der Waals surface area contributed by atoms with Crippen LogP contribution < -0.4 is 5.32 Å². The molecule has 104 valence electrons. The van der Waals surface area contributed by atoms with Crippen molar-refractivity contribution in [3.05, 3.63) is 35.9 Å². The first-order chi connectivity index (χ1) is 9.15. The molecule has 0 saturated heterocycles. The molecule has 1 aromatic rings. The van der Waals surface area contributed by atoms with E-state index in [9.17, 15) is 4.79 Å². The maximum Gasteiger partial charge on any atom is 0.224 e. The van der Waals surface area contributed by atoms with E-state index in [-0.39, 0.29) is 17.4 Å². The highest BCUT2D eigenvalue weighted by Crippen LogP contribution is 2.47. The van der Waals surface area contributed by atoms with E-state index in [1.807, 2.05) is 18.2 Å². The Morgan fingerprint density at radius 1 is 1.32 bits per heavy atom. The van der Waals surface area contributed by atoms with Crippen LogP contribution in [-0.2, 0) is 4.79 Å². The van der Waals surface area contributed by atoms with Crippen molar-refractivity contribution in [2.75, 3.05) is 5.33 Å². The van der Waals surface area contributed by atoms with Crippen LogP contribution in [-0.4, -0.2) is 16.8 Å². The number of rotatable bonds is 6. The molecular weight excluding hydrogens is 302 g/mol. The van der Waals surface area contributed by atoms with Crippen LogP contribution in [0.2, 0.25) is 0 Å². The minimum absolute atomic E-state index is 0.0824. The van der Waals surface area contributed by atoms with Crippen molar-refractivity contribution in [1.29, 1.82) is 0 Å². The first-order valence-electron chi connectivity index (χ1n) is 7.08. The van der Waals surface area contributed by atoms with E-state index in [2.05, 4.69) is 47.2 Å². The third-order valence-corrected chi connectivity index (χ3v) is 5.43. The van der Waals surface area contributed by atoms with E-state index in [1.54, 1.807) is 0 Å². The summed E-state index contributed by atoms with van der Waals surface area (Å²) in [5.41, 5.74) is 1.21. The van der Waals surface area contributed by atoms with Gasteiger partial charge in [-0.25, -0.2) is 0 Å². The van der Waals surface area contributed by atoms with Gasteiger partial charge in [-0.2, -0.15) is 0 Å². The van der Waals surface area contributed by atoms with Crippen LogP contribution >= 0.6 is 15.9 Å². The molecule has 2 nitrogen and oxygen atoms in total. The minimum atomic E-state index is -0.0824. The Balaban J connectivity index is 1.96. The monoisotopic (exact) mass is 323 g/mol. The average molecular weight is 324 g/mol. The Kier molecular flexibility index (Phi) is 4.67. The molecule has 1 fully saturated rings. The summed E-state index contributed by atoms with van der Waals surface area (Å²) in [5, 5.41) is 4.08.